The van der Waals surface area contributed by atoms with E-state index in [4.69, 9.17) is 9.15 Å². The molecule has 0 amide bonds. The van der Waals surface area contributed by atoms with Gasteiger partial charge < -0.3 is 9.15 Å². The van der Waals surface area contributed by atoms with Crippen LogP contribution >= 0.6 is 0 Å². The molecule has 0 radical (unpaired) electrons. The number of carbonyl (C=O) groups excluding carboxylic acids is 2. The molecular weight excluding hydrogens is 420 g/mol. The SMILES string of the molecule is CCOC(=O)c1nn(-c2ccccc2)cc1C(=O)c1cc2c(ccc3ccccc32)oc1=O. The zero-order chi connectivity index (χ0) is 22.9. The summed E-state index contributed by atoms with van der Waals surface area (Å²) in [7, 11) is 0. The molecule has 162 valence electrons. The Labute approximate surface area is 187 Å². The van der Waals surface area contributed by atoms with Gasteiger partial charge in [-0.05, 0) is 42.0 Å². The first-order valence-electron chi connectivity index (χ1n) is 10.4. The molecule has 0 fully saturated rings. The van der Waals surface area contributed by atoms with Crippen LogP contribution in [0.5, 0.6) is 0 Å². The molecule has 5 rings (SSSR count). The van der Waals surface area contributed by atoms with Crippen LogP contribution < -0.4 is 5.63 Å². The van der Waals surface area contributed by atoms with E-state index < -0.39 is 17.4 Å². The van der Waals surface area contributed by atoms with Crippen LogP contribution in [0.2, 0.25) is 0 Å². The summed E-state index contributed by atoms with van der Waals surface area (Å²) in [4.78, 5) is 38.8. The number of nitrogens with zero attached hydrogens (tertiary/aromatic N) is 2. The quantitative estimate of drug-likeness (QED) is 0.173. The molecule has 7 nitrogen and oxygen atoms in total. The molecule has 3 aromatic carbocycles. The van der Waals surface area contributed by atoms with E-state index in [0.29, 0.717) is 16.7 Å². The summed E-state index contributed by atoms with van der Waals surface area (Å²) in [5, 5.41) is 6.70. The number of para-hydroxylation sites is 1. The highest BCUT2D eigenvalue weighted by atomic mass is 16.5. The predicted molar refractivity (Wildman–Crippen MR) is 123 cm³/mol. The fourth-order valence-electron chi connectivity index (χ4n) is 3.78. The number of esters is 1. The minimum absolute atomic E-state index is 0.0378. The molecule has 0 atom stereocenters. The molecule has 33 heavy (non-hydrogen) atoms. The van der Waals surface area contributed by atoms with Gasteiger partial charge in [0.25, 0.3) is 0 Å². The van der Waals surface area contributed by atoms with E-state index >= 15 is 0 Å². The van der Waals surface area contributed by atoms with Gasteiger partial charge in [0.2, 0.25) is 5.78 Å². The Kier molecular flexibility index (Phi) is 5.06. The van der Waals surface area contributed by atoms with Crippen molar-refractivity contribution in [3.63, 3.8) is 0 Å². The minimum Gasteiger partial charge on any atom is -0.461 e. The highest BCUT2D eigenvalue weighted by Gasteiger charge is 2.27. The van der Waals surface area contributed by atoms with Gasteiger partial charge in [-0.2, -0.15) is 5.10 Å². The molecular formula is C26H18N2O5. The van der Waals surface area contributed by atoms with Crippen molar-refractivity contribution in [2.24, 2.45) is 0 Å². The average Bonchev–Trinajstić information content (AvgIpc) is 3.29. The summed E-state index contributed by atoms with van der Waals surface area (Å²) >= 11 is 0. The molecule has 2 aromatic heterocycles. The Morgan fingerprint density at radius 3 is 2.48 bits per heavy atom. The maximum Gasteiger partial charge on any atom is 0.359 e. The molecule has 0 unspecified atom stereocenters. The first-order valence-corrected chi connectivity index (χ1v) is 10.4. The maximum atomic E-state index is 13.5. The summed E-state index contributed by atoms with van der Waals surface area (Å²) in [6.07, 6.45) is 1.43. The van der Waals surface area contributed by atoms with E-state index in [9.17, 15) is 14.4 Å². The smallest absolute Gasteiger partial charge is 0.359 e. The number of hydrogen-bond donors (Lipinski definition) is 0. The lowest BCUT2D eigenvalue weighted by atomic mass is 10.0. The second-order valence-electron chi connectivity index (χ2n) is 7.37. The molecule has 0 aliphatic carbocycles. The molecule has 0 aliphatic heterocycles. The molecule has 0 aliphatic rings. The number of carbonyl (C=O) groups is 2. The predicted octanol–water partition coefficient (Wildman–Crippen LogP) is 4.54. The van der Waals surface area contributed by atoms with E-state index in [2.05, 4.69) is 5.10 Å². The molecule has 7 heteroatoms. The largest absolute Gasteiger partial charge is 0.461 e. The van der Waals surface area contributed by atoms with Crippen molar-refractivity contribution in [2.45, 2.75) is 6.92 Å². The van der Waals surface area contributed by atoms with Gasteiger partial charge in [0.05, 0.1) is 17.9 Å². The third-order valence-corrected chi connectivity index (χ3v) is 5.33. The fraction of sp³-hybridized carbons (Fsp3) is 0.0769. The van der Waals surface area contributed by atoms with E-state index in [0.717, 1.165) is 10.8 Å². The van der Waals surface area contributed by atoms with Crippen LogP contribution in [0.4, 0.5) is 0 Å². The third-order valence-electron chi connectivity index (χ3n) is 5.33. The van der Waals surface area contributed by atoms with Crippen molar-refractivity contribution in [3.8, 4) is 5.69 Å². The summed E-state index contributed by atoms with van der Waals surface area (Å²) in [5.41, 5.74) is -0.145. The van der Waals surface area contributed by atoms with Crippen LogP contribution in [-0.4, -0.2) is 28.1 Å². The van der Waals surface area contributed by atoms with Gasteiger partial charge in [0.15, 0.2) is 5.69 Å². The second kappa shape index (κ2) is 8.20. The highest BCUT2D eigenvalue weighted by Crippen LogP contribution is 2.26. The molecule has 0 saturated carbocycles. The van der Waals surface area contributed by atoms with Crippen LogP contribution in [0.1, 0.15) is 33.3 Å². The van der Waals surface area contributed by atoms with Crippen molar-refractivity contribution >= 4 is 33.5 Å². The maximum absolute atomic E-state index is 13.5. The number of benzene rings is 3. The van der Waals surface area contributed by atoms with Gasteiger partial charge in [0.1, 0.15) is 11.1 Å². The Hall–Kier alpha value is -4.52. The van der Waals surface area contributed by atoms with E-state index in [-0.39, 0.29) is 23.4 Å². The van der Waals surface area contributed by atoms with Crippen molar-refractivity contribution in [2.75, 3.05) is 6.61 Å². The number of ether oxygens (including phenoxy) is 1. The van der Waals surface area contributed by atoms with Crippen molar-refractivity contribution in [1.82, 2.24) is 9.78 Å². The van der Waals surface area contributed by atoms with Gasteiger partial charge >= 0.3 is 11.6 Å². The number of hydrogen-bond acceptors (Lipinski definition) is 6. The Morgan fingerprint density at radius 2 is 1.70 bits per heavy atom. The van der Waals surface area contributed by atoms with Gasteiger partial charge in [0, 0.05) is 11.6 Å². The normalized spacial score (nSPS) is 11.1. The summed E-state index contributed by atoms with van der Waals surface area (Å²) in [6.45, 7) is 1.78. The van der Waals surface area contributed by atoms with Crippen molar-refractivity contribution in [3.05, 3.63) is 106 Å². The average molecular weight is 438 g/mol. The lowest BCUT2D eigenvalue weighted by molar-refractivity contribution is 0.0516. The zero-order valence-corrected chi connectivity index (χ0v) is 17.6. The van der Waals surface area contributed by atoms with E-state index in [1.807, 2.05) is 48.5 Å². The lowest BCUT2D eigenvalue weighted by Crippen LogP contribution is -2.17. The number of aromatic nitrogens is 2. The summed E-state index contributed by atoms with van der Waals surface area (Å²) in [5.74, 6) is -1.41. The van der Waals surface area contributed by atoms with Gasteiger partial charge in [-0.3, -0.25) is 4.79 Å². The number of fused-ring (bicyclic) bond motifs is 3. The third kappa shape index (κ3) is 3.59. The zero-order valence-electron chi connectivity index (χ0n) is 17.6. The molecule has 5 aromatic rings. The molecule has 0 N–H and O–H groups in total. The molecule has 2 heterocycles. The first kappa shape index (κ1) is 20.4. The number of rotatable bonds is 5. The topological polar surface area (TPSA) is 91.4 Å². The van der Waals surface area contributed by atoms with Crippen molar-refractivity contribution in [1.29, 1.82) is 0 Å². The van der Waals surface area contributed by atoms with Crippen molar-refractivity contribution < 1.29 is 18.7 Å². The summed E-state index contributed by atoms with van der Waals surface area (Å²) in [6, 6.07) is 21.7. The second-order valence-corrected chi connectivity index (χ2v) is 7.37. The van der Waals surface area contributed by atoms with E-state index in [1.165, 1.54) is 16.9 Å². The van der Waals surface area contributed by atoms with Gasteiger partial charge in [-0.15, -0.1) is 0 Å². The van der Waals surface area contributed by atoms with Crippen LogP contribution in [0, 0.1) is 0 Å². The molecule has 0 bridgehead atoms. The van der Waals surface area contributed by atoms with Crippen LogP contribution in [0.25, 0.3) is 27.4 Å². The monoisotopic (exact) mass is 438 g/mol. The van der Waals surface area contributed by atoms with Gasteiger partial charge in [-0.25, -0.2) is 14.3 Å². The molecule has 0 saturated heterocycles. The highest BCUT2D eigenvalue weighted by molar-refractivity contribution is 6.16. The van der Waals surface area contributed by atoms with Gasteiger partial charge in [-0.1, -0.05) is 48.5 Å². The van der Waals surface area contributed by atoms with Crippen LogP contribution in [0.15, 0.2) is 88.2 Å². The van der Waals surface area contributed by atoms with E-state index in [1.54, 1.807) is 25.1 Å². The fourth-order valence-corrected chi connectivity index (χ4v) is 3.78. The van der Waals surface area contributed by atoms with Crippen LogP contribution in [0.3, 0.4) is 0 Å². The standard InChI is InChI=1S/C26H18N2O5/c1-2-32-26(31)23-21(15-28(27-23)17-9-4-3-5-10-17)24(29)20-14-19-18-11-7-6-8-16(18)12-13-22(19)33-25(20)30/h3-15H,2H2,1H3. The first-order chi connectivity index (χ1) is 16.1. The Bertz CT molecular complexity index is 1580. The Morgan fingerprint density at radius 1 is 0.939 bits per heavy atom. The van der Waals surface area contributed by atoms with Crippen LogP contribution in [-0.2, 0) is 4.74 Å². The number of ketones is 1. The Balaban J connectivity index is 1.69. The minimum atomic E-state index is -0.787. The lowest BCUT2D eigenvalue weighted by Gasteiger charge is -2.05. The summed E-state index contributed by atoms with van der Waals surface area (Å²) < 4.78 is 12.0. The molecule has 0 spiro atoms.